The molecule has 0 bridgehead atoms. The Hall–Kier alpha value is -3.11. The molecular formula is C27H26N4O2W. The topological polar surface area (TPSA) is 69.0 Å². The van der Waals surface area contributed by atoms with Crippen LogP contribution in [0.5, 0.6) is 5.75 Å². The standard InChI is InChI=1S/C27H26N4O2.W/c32-27-23-18-21(22-9-11-24(30-19-22)20-7-8-20)10-12-25(23)33-17-5-4-15-31-16-14-28-26(31)6-2-1-3-13-29-27;/h1-3,9-14,16,18-20H,4-5,7-8,15,17H2,(H,29,32);. The number of carbonyl (C=O) groups excluding carboxylic acids is 1. The molecule has 0 spiro atoms. The van der Waals surface area contributed by atoms with Gasteiger partial charge in [0.2, 0.25) is 0 Å². The number of pyridine rings is 1. The van der Waals surface area contributed by atoms with Crippen LogP contribution in [0.4, 0.5) is 0 Å². The maximum atomic E-state index is 13.0. The van der Waals surface area contributed by atoms with Crippen molar-refractivity contribution in [2.45, 2.75) is 38.1 Å². The summed E-state index contributed by atoms with van der Waals surface area (Å²) in [5.74, 6) is 2.01. The van der Waals surface area contributed by atoms with E-state index >= 15 is 0 Å². The third kappa shape index (κ3) is 5.34. The Balaban J connectivity index is 1.38. The summed E-state index contributed by atoms with van der Waals surface area (Å²) in [6.45, 7) is 1.43. The van der Waals surface area contributed by atoms with Crippen molar-refractivity contribution in [3.63, 3.8) is 0 Å². The van der Waals surface area contributed by atoms with Crippen LogP contribution in [-0.2, 0) is 25.9 Å². The molecule has 1 amide bonds. The molecule has 2 aliphatic rings. The number of rotatable bonds is 2. The number of ether oxygens (including phenoxy) is 1. The van der Waals surface area contributed by atoms with Crippen molar-refractivity contribution in [1.29, 1.82) is 0 Å². The summed E-state index contributed by atoms with van der Waals surface area (Å²) in [5, 5.41) is 2.87. The Bertz CT molecular complexity index is 1260. The van der Waals surface area contributed by atoms with Crippen molar-refractivity contribution in [1.82, 2.24) is 19.9 Å². The molecule has 3 aromatic rings. The maximum absolute atomic E-state index is 13.0. The monoisotopic (exact) mass is 622 g/mol. The van der Waals surface area contributed by atoms with Crippen LogP contribution in [0.3, 0.4) is 0 Å². The fourth-order valence-corrected chi connectivity index (χ4v) is 4.86. The van der Waals surface area contributed by atoms with Gasteiger partial charge in [0.15, 0.2) is 0 Å². The average Bonchev–Trinajstić information content (AvgIpc) is 3.61. The van der Waals surface area contributed by atoms with Crippen LogP contribution in [0.15, 0.2) is 73.4 Å². The molecule has 1 aliphatic heterocycles. The van der Waals surface area contributed by atoms with Gasteiger partial charge >= 0.3 is 175 Å². The van der Waals surface area contributed by atoms with Gasteiger partial charge in [0, 0.05) is 11.6 Å². The van der Waals surface area contributed by atoms with Crippen LogP contribution in [0, 0.1) is 0 Å². The number of nitrogens with zero attached hydrogens (tertiary/aromatic N) is 3. The number of benzene rings is 1. The van der Waals surface area contributed by atoms with Crippen LogP contribution in [-0.4, -0.2) is 30.9 Å². The minimum atomic E-state index is -0.196. The van der Waals surface area contributed by atoms with Gasteiger partial charge in [0.1, 0.15) is 0 Å². The van der Waals surface area contributed by atoms with Crippen LogP contribution < -0.4 is 10.1 Å². The van der Waals surface area contributed by atoms with Gasteiger partial charge in [-0.3, -0.25) is 4.98 Å². The number of hydrogen-bond acceptors (Lipinski definition) is 4. The molecule has 1 aliphatic carbocycles. The number of aromatic nitrogens is 3. The number of nitrogens with one attached hydrogen (secondary N) is 1. The molecule has 6 nitrogen and oxygen atoms in total. The number of imidazole rings is 1. The molecule has 3 heterocycles. The van der Waals surface area contributed by atoms with E-state index in [0.717, 1.165) is 45.9 Å². The first-order valence-corrected chi connectivity index (χ1v) is 13.1. The molecule has 172 valence electrons. The minimum absolute atomic E-state index is 0.196. The molecular weight excluding hydrogens is 596 g/mol. The van der Waals surface area contributed by atoms with Crippen molar-refractivity contribution >= 4 is 9.81 Å². The van der Waals surface area contributed by atoms with Gasteiger partial charge in [0.05, 0.1) is 0 Å². The van der Waals surface area contributed by atoms with E-state index in [4.69, 9.17) is 4.74 Å². The zero-order valence-electron chi connectivity index (χ0n) is 18.8. The van der Waals surface area contributed by atoms with E-state index in [2.05, 4.69) is 32.0 Å². The fourth-order valence-electron chi connectivity index (χ4n) is 3.97. The Kier molecular flexibility index (Phi) is 6.96. The molecule has 0 saturated heterocycles. The van der Waals surface area contributed by atoms with E-state index in [1.54, 1.807) is 6.20 Å². The number of carbonyl (C=O) groups is 1. The number of amides is 1. The Morgan fingerprint density at radius 3 is 2.76 bits per heavy atom. The molecule has 2 aromatic heterocycles. The number of hydrogen-bond donors (Lipinski definition) is 1. The zero-order valence-corrected chi connectivity index (χ0v) is 21.7. The summed E-state index contributed by atoms with van der Waals surface area (Å²) in [5.41, 5.74) is 3.63. The van der Waals surface area contributed by atoms with Crippen LogP contribution >= 0.6 is 0 Å². The van der Waals surface area contributed by atoms with E-state index in [9.17, 15) is 4.79 Å². The second kappa shape index (κ2) is 10.4. The third-order valence-corrected chi connectivity index (χ3v) is 7.14. The van der Waals surface area contributed by atoms with E-state index in [1.807, 2.05) is 55.0 Å². The van der Waals surface area contributed by atoms with E-state index in [-0.39, 0.29) is 5.91 Å². The molecule has 0 atom stereocenters. The van der Waals surface area contributed by atoms with Crippen molar-refractivity contribution < 1.29 is 28.9 Å². The summed E-state index contributed by atoms with van der Waals surface area (Å²) < 4.78 is 9.40. The molecule has 1 fully saturated rings. The first-order valence-electron chi connectivity index (χ1n) is 11.6. The predicted molar refractivity (Wildman–Crippen MR) is 128 cm³/mol. The van der Waals surface area contributed by atoms with Gasteiger partial charge < -0.3 is 0 Å². The first-order chi connectivity index (χ1) is 16.7. The number of allylic oxidation sites excluding steroid dienone is 3. The quantitative estimate of drug-likeness (QED) is 0.456. The van der Waals surface area contributed by atoms with Crippen molar-refractivity contribution in [2.24, 2.45) is 0 Å². The summed E-state index contributed by atoms with van der Waals surface area (Å²) >= 11 is 1.35. The second-order valence-corrected chi connectivity index (χ2v) is 10.1. The van der Waals surface area contributed by atoms with E-state index < -0.39 is 0 Å². The Morgan fingerprint density at radius 1 is 1.06 bits per heavy atom. The van der Waals surface area contributed by atoms with Gasteiger partial charge in [-0.25, -0.2) is 0 Å². The van der Waals surface area contributed by atoms with Crippen molar-refractivity contribution in [2.75, 3.05) is 6.61 Å². The van der Waals surface area contributed by atoms with Gasteiger partial charge in [-0.15, -0.1) is 0 Å². The molecule has 1 saturated carbocycles. The molecule has 0 radical (unpaired) electrons. The SMILES string of the molecule is O=C1NC=CC=C[C](=[W])c2nccn2CCCCOc2ccc(-c3ccc(C4CC4)nc3)cc21. The van der Waals surface area contributed by atoms with E-state index in [0.29, 0.717) is 23.8 Å². The zero-order chi connectivity index (χ0) is 23.3. The second-order valence-electron chi connectivity index (χ2n) is 8.51. The predicted octanol–water partition coefficient (Wildman–Crippen LogP) is 4.56. The summed E-state index contributed by atoms with van der Waals surface area (Å²) in [6.07, 6.45) is 17.5. The summed E-state index contributed by atoms with van der Waals surface area (Å²) in [6, 6.07) is 9.97. The summed E-state index contributed by atoms with van der Waals surface area (Å²) in [4.78, 5) is 22.2. The van der Waals surface area contributed by atoms with Gasteiger partial charge in [-0.1, -0.05) is 0 Å². The number of aryl methyl sites for hydroxylation is 1. The average molecular weight is 622 g/mol. The molecule has 34 heavy (non-hydrogen) atoms. The van der Waals surface area contributed by atoms with Gasteiger partial charge in [0.25, 0.3) is 0 Å². The van der Waals surface area contributed by atoms with Crippen LogP contribution in [0.25, 0.3) is 11.1 Å². The number of fused-ring (bicyclic) bond motifs is 2. The van der Waals surface area contributed by atoms with Crippen molar-refractivity contribution in [3.05, 3.63) is 90.4 Å². The van der Waals surface area contributed by atoms with Crippen molar-refractivity contribution in [3.8, 4) is 16.9 Å². The Labute approximate surface area is 210 Å². The third-order valence-electron chi connectivity index (χ3n) is 6.00. The molecule has 1 N–H and O–H groups in total. The molecule has 5 rings (SSSR count). The van der Waals surface area contributed by atoms with Crippen LogP contribution in [0.1, 0.15) is 53.5 Å². The fraction of sp³-hybridized carbons (Fsp3) is 0.259. The Morgan fingerprint density at radius 2 is 1.94 bits per heavy atom. The summed E-state index contributed by atoms with van der Waals surface area (Å²) in [7, 11) is 0. The van der Waals surface area contributed by atoms with Gasteiger partial charge in [-0.2, -0.15) is 0 Å². The van der Waals surface area contributed by atoms with Gasteiger partial charge in [-0.05, 0) is 18.9 Å². The molecule has 1 aromatic carbocycles. The normalized spacial score (nSPS) is 16.9. The molecule has 0 unspecified atom stereocenters. The van der Waals surface area contributed by atoms with E-state index in [1.165, 1.54) is 32.2 Å². The first kappa shape index (κ1) is 22.7. The molecule has 7 heteroatoms. The van der Waals surface area contributed by atoms with Crippen LogP contribution in [0.2, 0.25) is 0 Å².